The second-order valence-electron chi connectivity index (χ2n) is 52.5. The maximum Gasteiger partial charge on any atom is 0.146 e. The molecule has 0 saturated heterocycles. The van der Waals surface area contributed by atoms with Crippen molar-refractivity contribution in [2.24, 2.45) is 132 Å². The summed E-state index contributed by atoms with van der Waals surface area (Å²) in [7, 11) is -2.73. The van der Waals surface area contributed by atoms with E-state index in [2.05, 4.69) is 182 Å². The Hall–Kier alpha value is -1.04. The van der Waals surface area contributed by atoms with E-state index < -0.39 is 35.7 Å². The molecule has 13 rings (SSSR count). The van der Waals surface area contributed by atoms with Crippen molar-refractivity contribution < 1.29 is 148 Å². The van der Waals surface area contributed by atoms with Crippen molar-refractivity contribution in [3.05, 3.63) is 155 Å². The third kappa shape index (κ3) is 31.5. The number of carbonyl (C=O) groups is 2. The van der Waals surface area contributed by atoms with E-state index in [1.807, 2.05) is 116 Å². The third-order valence-electron chi connectivity index (χ3n) is 39.1. The summed E-state index contributed by atoms with van der Waals surface area (Å²) in [6, 6.07) is 19.5. The van der Waals surface area contributed by atoms with E-state index in [1.165, 1.54) is 107 Å². The van der Waals surface area contributed by atoms with Gasteiger partial charge in [0.25, 0.3) is 0 Å². The van der Waals surface area contributed by atoms with Gasteiger partial charge in [-0.2, -0.15) is 0 Å². The van der Waals surface area contributed by atoms with E-state index in [0.29, 0.717) is 106 Å². The first-order chi connectivity index (χ1) is 61.4. The molecule has 11 aliphatic carbocycles. The van der Waals surface area contributed by atoms with Crippen LogP contribution in [0.2, 0.25) is 0 Å². The van der Waals surface area contributed by atoms with Crippen LogP contribution in [0.5, 0.6) is 0 Å². The first-order valence-corrected chi connectivity index (χ1v) is 55.5. The minimum Gasteiger partial charge on any atom is -0.390 e. The van der Waals surface area contributed by atoms with Crippen molar-refractivity contribution >= 4 is 29.3 Å². The summed E-state index contributed by atoms with van der Waals surface area (Å²) < 4.78 is 14.0. The van der Waals surface area contributed by atoms with E-state index in [9.17, 15) is 49.9 Å². The van der Waals surface area contributed by atoms with Crippen molar-refractivity contribution in [3.63, 3.8) is 0 Å². The van der Waals surface area contributed by atoms with Gasteiger partial charge in [0.15, 0.2) is 0 Å². The second kappa shape index (κ2) is 50.3. The maximum atomic E-state index is 14.0. The van der Waals surface area contributed by atoms with Crippen LogP contribution in [-0.2, 0) is 112 Å². The van der Waals surface area contributed by atoms with E-state index in [0.717, 1.165) is 161 Å². The molecule has 22 atom stereocenters. The second-order valence-corrected chi connectivity index (χ2v) is 55.3. The molecule has 759 valence electrons. The van der Waals surface area contributed by atoms with Crippen LogP contribution in [0, 0.1) is 132 Å². The fourth-order valence-electron chi connectivity index (χ4n) is 28.2. The summed E-state index contributed by atoms with van der Waals surface area (Å²) >= 11 is 0. The Balaban J connectivity index is 0.000000262. The summed E-state index contributed by atoms with van der Waals surface area (Å²) in [6.07, 6.45) is 47.6. The molecule has 0 spiro atoms. The average molecular weight is 2120 g/mol. The van der Waals surface area contributed by atoms with Crippen LogP contribution >= 0.6 is 7.14 Å². The zero-order valence-electron chi connectivity index (χ0n) is 91.5. The number of aliphatic hydroxyl groups is 7. The molecule has 2 aromatic carbocycles. The minimum absolute atomic E-state index is 0. The zero-order chi connectivity index (χ0) is 99.2. The first kappa shape index (κ1) is 124. The molecule has 11 saturated carbocycles. The SMILES string of the molecule is C=C1[C@H](C)C/C(=C/C=C2\CCC[C@@]3(C)C2CCC3[C@@H](C)C(C)(C)CCC(C)(C)O)C[C@H]1O.C=C1[C@H](C)C/C(=C/C=C2\CCC[C@@]3(C)C2CCC3[C@H](C)C(C)(C)CCC(C)(C)O)C[C@H]1O.C=C1[C@H](C)C/C(=C/CP(=O)(c2ccccc2)c2ccccc2)C[C@H]1O.C[C@@H](C1CC[C@H]2C(=O)CCC[C@]12C)C(C)(C)CCC(C)(C)O.C[C@H](C1CC[C@H]2C(=O)CCC[C@]12C)C(C)(C)CCC(C)(C)O.[Y].[Y].[Y]. The fraction of sp³-hybridized carbons (Fsp3) is 0.754. The van der Waals surface area contributed by atoms with Crippen LogP contribution < -0.4 is 10.6 Å². The molecule has 10 nitrogen and oxygen atoms in total. The number of Topliss-reactive ketones (excluding diaryl/α,β-unsaturated/α-hetero) is 2. The Morgan fingerprint density at radius 2 is 0.603 bits per heavy atom. The topological polar surface area (TPSA) is 193 Å². The Morgan fingerprint density at radius 3 is 0.868 bits per heavy atom. The molecule has 136 heavy (non-hydrogen) atoms. The summed E-state index contributed by atoms with van der Waals surface area (Å²) in [6.45, 7) is 72.8. The number of rotatable bonds is 26. The van der Waals surface area contributed by atoms with Gasteiger partial charge in [0.1, 0.15) is 18.7 Å². The molecule has 3 radical (unpaired) electrons. The van der Waals surface area contributed by atoms with Gasteiger partial charge < -0.3 is 40.3 Å². The molecule has 14 heteroatoms. The minimum atomic E-state index is -2.73. The van der Waals surface area contributed by atoms with Crippen LogP contribution in [0.15, 0.2) is 155 Å². The quantitative estimate of drug-likeness (QED) is 0.0352. The van der Waals surface area contributed by atoms with Crippen molar-refractivity contribution in [2.75, 3.05) is 6.16 Å². The van der Waals surface area contributed by atoms with Gasteiger partial charge in [-0.25, -0.2) is 0 Å². The molecule has 11 aliphatic rings. The molecule has 0 bridgehead atoms. The third-order valence-corrected chi connectivity index (χ3v) is 42.1. The van der Waals surface area contributed by atoms with Crippen molar-refractivity contribution in [2.45, 2.75) is 446 Å². The van der Waals surface area contributed by atoms with E-state index >= 15 is 0 Å². The molecule has 7 N–H and O–H groups in total. The number of ketones is 2. The van der Waals surface area contributed by atoms with Crippen molar-refractivity contribution in [3.8, 4) is 0 Å². The Labute approximate surface area is 907 Å². The average Bonchev–Trinajstić information content (AvgIpc) is 1.60. The normalized spacial score (nSPS) is 33.2. The summed E-state index contributed by atoms with van der Waals surface area (Å²) in [5.41, 5.74) is 9.96. The smallest absolute Gasteiger partial charge is 0.146 e. The Morgan fingerprint density at radius 1 is 0.360 bits per heavy atom. The van der Waals surface area contributed by atoms with Crippen LogP contribution in [0.3, 0.4) is 0 Å². The molecular weight excluding hydrogens is 1920 g/mol. The van der Waals surface area contributed by atoms with Gasteiger partial charge in [-0.1, -0.05) is 270 Å². The number of benzene rings is 2. The van der Waals surface area contributed by atoms with Crippen LogP contribution in [0.4, 0.5) is 0 Å². The summed E-state index contributed by atoms with van der Waals surface area (Å²) in [4.78, 5) is 24.6. The summed E-state index contributed by atoms with van der Waals surface area (Å²) in [5, 5.41) is 73.3. The molecule has 2 aromatic rings. The standard InChI is InChI=1S/2C30H50O2.C22H25O2P.2C20H36O2.3Y/c2*1-20-18-23(19-27(31)21(20)2)11-12-24-10-9-15-30(8)25(13-14-26(24)30)22(3)28(4,5)16-17-29(6,7)32;1-17-15-19(16-22(23)18(17)2)13-14-25(24,20-9-5-3-6-10-20)21-11-7-4-8-12-21;2*1-14(18(2,3)12-13-19(4,5)22)15-9-10-16-17(21)8-7-11-20(15,16)6;;;/h2*11-12,20,22,25-27,31-32H,2,9-10,13-19H2,1,3-8H3;3-13,17,22-23H,2,14-16H2,1H3;2*14-16,22H,7-13H2,1-6H3;;;/b2*23-11-,24-12+;19-13-;;;;;/t20-,22+,25?,26?,27-,30-;20-,22-,25?,26?,27-,30-;17-,22-;14-,15?,16+,20-;14-,15?,16-,20+;;;/m11110.../s1. The van der Waals surface area contributed by atoms with Crippen LogP contribution in [0.25, 0.3) is 0 Å². The number of aliphatic hydroxyl groups excluding tert-OH is 3. The molecule has 0 aliphatic heterocycles. The number of hydrogen-bond acceptors (Lipinski definition) is 10. The molecule has 11 fully saturated rings. The van der Waals surface area contributed by atoms with Gasteiger partial charge >= 0.3 is 0 Å². The van der Waals surface area contributed by atoms with Crippen LogP contribution in [0.1, 0.15) is 405 Å². The van der Waals surface area contributed by atoms with Crippen molar-refractivity contribution in [1.29, 1.82) is 0 Å². The number of hydrogen-bond donors (Lipinski definition) is 7. The Kier molecular flexibility index (Phi) is 45.7. The van der Waals surface area contributed by atoms with E-state index in [1.54, 1.807) is 11.1 Å². The number of fused-ring (bicyclic) bond motifs is 4. The van der Waals surface area contributed by atoms with Gasteiger partial charge in [-0.05, 0) is 398 Å². The zero-order valence-corrected chi connectivity index (χ0v) is 101. The fourth-order valence-corrected chi connectivity index (χ4v) is 30.7. The molecule has 0 aromatic heterocycles. The number of allylic oxidation sites excluding steroid dienone is 7. The van der Waals surface area contributed by atoms with E-state index in [4.69, 9.17) is 0 Å². The predicted octanol–water partition coefficient (Wildman–Crippen LogP) is 29.5. The van der Waals surface area contributed by atoms with Gasteiger partial charge in [-0.3, -0.25) is 9.59 Å². The van der Waals surface area contributed by atoms with Gasteiger partial charge in [0.05, 0.1) is 40.7 Å². The Bertz CT molecular complexity index is 4140. The predicted molar refractivity (Wildman–Crippen MR) is 562 cm³/mol. The molecule has 6 unspecified atom stereocenters. The molecular formula is C122H197O10PY3. The number of carbonyl (C=O) groups excluding carboxylic acids is 2. The first-order valence-electron chi connectivity index (χ1n) is 53.6. The van der Waals surface area contributed by atoms with Gasteiger partial charge in [0.2, 0.25) is 0 Å². The molecule has 0 heterocycles. The van der Waals surface area contributed by atoms with E-state index in [-0.39, 0.29) is 149 Å². The van der Waals surface area contributed by atoms with Gasteiger partial charge in [0, 0.05) is 140 Å². The largest absolute Gasteiger partial charge is 0.390 e. The maximum absolute atomic E-state index is 14.0. The van der Waals surface area contributed by atoms with Crippen LogP contribution in [-0.4, -0.2) is 94.2 Å². The summed E-state index contributed by atoms with van der Waals surface area (Å²) in [5.74, 6) is 9.40. The monoisotopic (exact) mass is 2120 g/mol. The van der Waals surface area contributed by atoms with Gasteiger partial charge in [-0.15, -0.1) is 0 Å². The van der Waals surface area contributed by atoms with Crippen molar-refractivity contribution in [1.82, 2.24) is 0 Å². The molecule has 0 amide bonds.